The Morgan fingerprint density at radius 3 is 2.43 bits per heavy atom. The highest BCUT2D eigenvalue weighted by molar-refractivity contribution is 9.10. The highest BCUT2D eigenvalue weighted by Crippen LogP contribution is 2.27. The molecule has 2 aromatic carbocycles. The summed E-state index contributed by atoms with van der Waals surface area (Å²) in [4.78, 5) is 21.2. The van der Waals surface area contributed by atoms with Gasteiger partial charge in [-0.3, -0.25) is 10.1 Å². The monoisotopic (exact) mass is 350 g/mol. The third-order valence-electron chi connectivity index (χ3n) is 2.87. The molecule has 2 aromatic rings. The Balaban J connectivity index is 2.36. The van der Waals surface area contributed by atoms with Crippen molar-refractivity contribution in [2.24, 2.45) is 0 Å². The topological polar surface area (TPSA) is 92.5 Å². The Bertz CT molecular complexity index is 731. The van der Waals surface area contributed by atoms with E-state index in [9.17, 15) is 14.9 Å². The minimum absolute atomic E-state index is 0.336. The van der Waals surface area contributed by atoms with Crippen LogP contribution < -0.4 is 5.32 Å². The van der Waals surface area contributed by atoms with Gasteiger partial charge >= 0.3 is 5.97 Å². The second kappa shape index (κ2) is 5.92. The fraction of sp³-hybridized carbons (Fsp3) is 0.0714. The smallest absolute Gasteiger partial charge is 0.342 e. The predicted octanol–water partition coefficient (Wildman–Crippen LogP) is 4.11. The van der Waals surface area contributed by atoms with E-state index in [1.165, 1.54) is 18.2 Å². The molecule has 0 aliphatic carbocycles. The zero-order valence-corrected chi connectivity index (χ0v) is 12.5. The Labute approximate surface area is 128 Å². The van der Waals surface area contributed by atoms with Crippen LogP contribution in [0.1, 0.15) is 15.9 Å². The van der Waals surface area contributed by atoms with Gasteiger partial charge in [-0.25, -0.2) is 4.79 Å². The van der Waals surface area contributed by atoms with E-state index in [0.29, 0.717) is 5.69 Å². The molecule has 0 radical (unpaired) electrons. The molecule has 0 aliphatic rings. The Morgan fingerprint density at radius 2 is 1.86 bits per heavy atom. The minimum atomic E-state index is -1.33. The molecule has 21 heavy (non-hydrogen) atoms. The molecule has 2 rings (SSSR count). The average Bonchev–Trinajstić information content (AvgIpc) is 2.42. The molecule has 2 N–H and O–H groups in total. The first kappa shape index (κ1) is 15.0. The van der Waals surface area contributed by atoms with Crippen LogP contribution in [0.15, 0.2) is 40.9 Å². The van der Waals surface area contributed by atoms with Crippen LogP contribution in [0, 0.1) is 17.0 Å². The zero-order valence-electron chi connectivity index (χ0n) is 11.0. The molecular weight excluding hydrogens is 340 g/mol. The number of hydrogen-bond donors (Lipinski definition) is 2. The van der Waals surface area contributed by atoms with Crippen LogP contribution in [-0.4, -0.2) is 16.0 Å². The highest BCUT2D eigenvalue weighted by Gasteiger charge is 2.20. The van der Waals surface area contributed by atoms with Crippen molar-refractivity contribution in [3.63, 3.8) is 0 Å². The summed E-state index contributed by atoms with van der Waals surface area (Å²) in [7, 11) is 0. The van der Waals surface area contributed by atoms with Gasteiger partial charge in [0.2, 0.25) is 0 Å². The van der Waals surface area contributed by atoms with Crippen molar-refractivity contribution in [2.45, 2.75) is 6.92 Å². The number of rotatable bonds is 4. The molecule has 7 heteroatoms. The van der Waals surface area contributed by atoms with Crippen LogP contribution in [0.2, 0.25) is 0 Å². The molecule has 108 valence electrons. The van der Waals surface area contributed by atoms with Crippen LogP contribution in [0.5, 0.6) is 0 Å². The molecule has 0 heterocycles. The van der Waals surface area contributed by atoms with E-state index < -0.39 is 16.6 Å². The first-order valence-corrected chi connectivity index (χ1v) is 6.72. The lowest BCUT2D eigenvalue weighted by atomic mass is 10.1. The molecule has 0 aliphatic heterocycles. The summed E-state index contributed by atoms with van der Waals surface area (Å²) in [5, 5.41) is 22.9. The van der Waals surface area contributed by atoms with Gasteiger partial charge in [0.25, 0.3) is 5.69 Å². The second-order valence-corrected chi connectivity index (χ2v) is 5.24. The van der Waals surface area contributed by atoms with Gasteiger partial charge in [0, 0.05) is 21.9 Å². The van der Waals surface area contributed by atoms with Gasteiger partial charge in [0.15, 0.2) is 0 Å². The van der Waals surface area contributed by atoms with Crippen molar-refractivity contribution in [3.8, 4) is 0 Å². The maximum Gasteiger partial charge on any atom is 0.342 e. The number of halogens is 1. The van der Waals surface area contributed by atoms with Crippen molar-refractivity contribution in [1.29, 1.82) is 0 Å². The van der Waals surface area contributed by atoms with Crippen molar-refractivity contribution < 1.29 is 14.8 Å². The van der Waals surface area contributed by atoms with Gasteiger partial charge < -0.3 is 10.4 Å². The normalized spacial score (nSPS) is 10.2. The summed E-state index contributed by atoms with van der Waals surface area (Å²) < 4.78 is 0.959. The lowest BCUT2D eigenvalue weighted by molar-refractivity contribution is -0.385. The number of aryl methyl sites for hydroxylation is 1. The van der Waals surface area contributed by atoms with Gasteiger partial charge in [-0.2, -0.15) is 0 Å². The number of carbonyl (C=O) groups is 1. The number of carboxylic acid groups (broad SMARTS) is 1. The lowest BCUT2D eigenvalue weighted by Gasteiger charge is -2.09. The number of anilines is 2. The van der Waals surface area contributed by atoms with Gasteiger partial charge in [-0.15, -0.1) is 0 Å². The van der Waals surface area contributed by atoms with E-state index in [1.807, 2.05) is 25.1 Å². The highest BCUT2D eigenvalue weighted by atomic mass is 79.9. The number of nitrogens with zero attached hydrogens (tertiary/aromatic N) is 1. The molecule has 0 spiro atoms. The number of nitro groups is 1. The first-order valence-electron chi connectivity index (χ1n) is 5.93. The summed E-state index contributed by atoms with van der Waals surface area (Å²) in [6, 6.07) is 9.47. The maximum atomic E-state index is 10.9. The Kier molecular flexibility index (Phi) is 4.23. The second-order valence-electron chi connectivity index (χ2n) is 4.38. The average molecular weight is 351 g/mol. The Morgan fingerprint density at radius 1 is 1.24 bits per heavy atom. The van der Waals surface area contributed by atoms with E-state index in [4.69, 9.17) is 5.11 Å². The van der Waals surface area contributed by atoms with Gasteiger partial charge in [-0.05, 0) is 42.8 Å². The lowest BCUT2D eigenvalue weighted by Crippen LogP contribution is -2.03. The number of aromatic carboxylic acids is 1. The van der Waals surface area contributed by atoms with E-state index in [0.717, 1.165) is 15.7 Å². The number of benzene rings is 2. The number of nitro benzene ring substituents is 1. The van der Waals surface area contributed by atoms with Gasteiger partial charge in [0.05, 0.1) is 4.92 Å². The van der Waals surface area contributed by atoms with E-state index in [1.54, 1.807) is 0 Å². The molecule has 6 nitrogen and oxygen atoms in total. The number of carboxylic acids is 1. The first-order chi connectivity index (χ1) is 9.88. The fourth-order valence-electron chi connectivity index (χ4n) is 1.83. The summed E-state index contributed by atoms with van der Waals surface area (Å²) in [5.74, 6) is -1.33. The summed E-state index contributed by atoms with van der Waals surface area (Å²) >= 11 is 3.39. The van der Waals surface area contributed by atoms with E-state index in [-0.39, 0.29) is 5.56 Å². The largest absolute Gasteiger partial charge is 0.477 e. The van der Waals surface area contributed by atoms with Crippen LogP contribution in [0.4, 0.5) is 17.1 Å². The summed E-state index contributed by atoms with van der Waals surface area (Å²) in [6.07, 6.45) is 0. The van der Waals surface area contributed by atoms with Crippen LogP contribution >= 0.6 is 15.9 Å². The van der Waals surface area contributed by atoms with Gasteiger partial charge in [-0.1, -0.05) is 15.9 Å². The fourth-order valence-corrected chi connectivity index (χ4v) is 2.08. The van der Waals surface area contributed by atoms with Crippen LogP contribution in [0.3, 0.4) is 0 Å². The quantitative estimate of drug-likeness (QED) is 0.639. The van der Waals surface area contributed by atoms with Crippen molar-refractivity contribution in [3.05, 3.63) is 62.1 Å². The van der Waals surface area contributed by atoms with Crippen molar-refractivity contribution in [1.82, 2.24) is 0 Å². The van der Waals surface area contributed by atoms with Crippen LogP contribution in [0.25, 0.3) is 0 Å². The molecule has 0 unspecified atom stereocenters. The molecule has 0 saturated heterocycles. The third-order valence-corrected chi connectivity index (χ3v) is 3.76. The summed E-state index contributed by atoms with van der Waals surface area (Å²) in [5.41, 5.74) is 1.44. The molecule has 0 saturated carbocycles. The molecule has 0 amide bonds. The molecule has 0 fully saturated rings. The third kappa shape index (κ3) is 3.38. The number of nitrogens with one attached hydrogen (secondary N) is 1. The van der Waals surface area contributed by atoms with Crippen molar-refractivity contribution in [2.75, 3.05) is 5.32 Å². The van der Waals surface area contributed by atoms with Crippen molar-refractivity contribution >= 4 is 39.0 Å². The zero-order chi connectivity index (χ0) is 15.6. The molecule has 0 aromatic heterocycles. The van der Waals surface area contributed by atoms with Crippen LogP contribution in [-0.2, 0) is 0 Å². The molecule has 0 bridgehead atoms. The maximum absolute atomic E-state index is 10.9. The predicted molar refractivity (Wildman–Crippen MR) is 82.2 cm³/mol. The SMILES string of the molecule is Cc1cc(Nc2ccc(C(=O)O)c([N+](=O)[O-])c2)ccc1Br. The van der Waals surface area contributed by atoms with Gasteiger partial charge in [0.1, 0.15) is 5.56 Å². The van der Waals surface area contributed by atoms with E-state index in [2.05, 4.69) is 21.2 Å². The molecule has 0 atom stereocenters. The van der Waals surface area contributed by atoms with E-state index >= 15 is 0 Å². The minimum Gasteiger partial charge on any atom is -0.477 e. The standard InChI is InChI=1S/C14H11BrN2O4/c1-8-6-9(3-5-12(8)15)16-10-2-4-11(14(18)19)13(7-10)17(20)21/h2-7,16H,1H3,(H,18,19). The number of hydrogen-bond acceptors (Lipinski definition) is 4. The molecular formula is C14H11BrN2O4. The summed E-state index contributed by atoms with van der Waals surface area (Å²) in [6.45, 7) is 1.92. The Hall–Kier alpha value is -2.41.